The Bertz CT molecular complexity index is 637. The molecule has 0 spiro atoms. The first-order valence-corrected chi connectivity index (χ1v) is 7.61. The predicted octanol–water partition coefficient (Wildman–Crippen LogP) is 4.02. The molecule has 1 aromatic heterocycles. The second-order valence-electron chi connectivity index (χ2n) is 5.37. The SMILES string of the molecule is Cc1nc(C(NC2CC2)c2cc(F)c(F)c(F)c2)sc1C. The zero-order valence-electron chi connectivity index (χ0n) is 11.7. The molecule has 2 nitrogen and oxygen atoms in total. The number of aryl methyl sites for hydroxylation is 2. The number of aromatic nitrogens is 1. The minimum atomic E-state index is -1.43. The molecule has 21 heavy (non-hydrogen) atoms. The molecule has 3 rings (SSSR count). The van der Waals surface area contributed by atoms with Gasteiger partial charge in [0.15, 0.2) is 17.5 Å². The van der Waals surface area contributed by atoms with E-state index in [4.69, 9.17) is 0 Å². The second-order valence-corrected chi connectivity index (χ2v) is 6.60. The Hall–Kier alpha value is -1.40. The van der Waals surface area contributed by atoms with Gasteiger partial charge in [-0.05, 0) is 44.4 Å². The van der Waals surface area contributed by atoms with E-state index >= 15 is 0 Å². The molecule has 1 aliphatic carbocycles. The summed E-state index contributed by atoms with van der Waals surface area (Å²) in [6.07, 6.45) is 2.07. The van der Waals surface area contributed by atoms with Gasteiger partial charge in [0, 0.05) is 10.9 Å². The van der Waals surface area contributed by atoms with Gasteiger partial charge in [0.25, 0.3) is 0 Å². The highest BCUT2D eigenvalue weighted by atomic mass is 32.1. The lowest BCUT2D eigenvalue weighted by molar-refractivity contribution is 0.442. The molecule has 0 saturated heterocycles. The molecule has 1 atom stereocenters. The van der Waals surface area contributed by atoms with Crippen molar-refractivity contribution in [2.24, 2.45) is 0 Å². The number of hydrogen-bond donors (Lipinski definition) is 1. The molecular formula is C15H15F3N2S. The molecule has 1 aromatic carbocycles. The van der Waals surface area contributed by atoms with Gasteiger partial charge in [0.1, 0.15) is 5.01 Å². The van der Waals surface area contributed by atoms with Gasteiger partial charge in [-0.1, -0.05) is 0 Å². The summed E-state index contributed by atoms with van der Waals surface area (Å²) in [7, 11) is 0. The van der Waals surface area contributed by atoms with Gasteiger partial charge < -0.3 is 5.32 Å². The quantitative estimate of drug-likeness (QED) is 0.863. The van der Waals surface area contributed by atoms with Crippen LogP contribution >= 0.6 is 11.3 Å². The van der Waals surface area contributed by atoms with Crippen LogP contribution in [0.2, 0.25) is 0 Å². The maximum absolute atomic E-state index is 13.5. The molecule has 0 radical (unpaired) electrons. The molecule has 1 aliphatic rings. The number of benzene rings is 1. The maximum Gasteiger partial charge on any atom is 0.194 e. The van der Waals surface area contributed by atoms with Gasteiger partial charge in [-0.2, -0.15) is 0 Å². The summed E-state index contributed by atoms with van der Waals surface area (Å²) in [6, 6.07) is 2.02. The minimum absolute atomic E-state index is 0.329. The Labute approximate surface area is 125 Å². The van der Waals surface area contributed by atoms with Gasteiger partial charge in [-0.15, -0.1) is 11.3 Å². The van der Waals surface area contributed by atoms with Crippen LogP contribution in [0.15, 0.2) is 12.1 Å². The largest absolute Gasteiger partial charge is 0.301 e. The first kappa shape index (κ1) is 14.5. The topological polar surface area (TPSA) is 24.9 Å². The van der Waals surface area contributed by atoms with Crippen LogP contribution < -0.4 is 5.32 Å². The summed E-state index contributed by atoms with van der Waals surface area (Å²) in [4.78, 5) is 5.53. The van der Waals surface area contributed by atoms with Crippen molar-refractivity contribution in [2.45, 2.75) is 38.8 Å². The Balaban J connectivity index is 2.02. The Morgan fingerprint density at radius 1 is 1.19 bits per heavy atom. The van der Waals surface area contributed by atoms with E-state index in [1.54, 1.807) is 0 Å². The van der Waals surface area contributed by atoms with Crippen LogP contribution in [0.25, 0.3) is 0 Å². The Kier molecular flexibility index (Phi) is 3.75. The minimum Gasteiger partial charge on any atom is -0.301 e. The van der Waals surface area contributed by atoms with Crippen molar-refractivity contribution >= 4 is 11.3 Å². The molecular weight excluding hydrogens is 297 g/mol. The highest BCUT2D eigenvalue weighted by molar-refractivity contribution is 7.11. The van der Waals surface area contributed by atoms with Gasteiger partial charge in [-0.3, -0.25) is 0 Å². The molecule has 0 bridgehead atoms. The van der Waals surface area contributed by atoms with E-state index in [2.05, 4.69) is 10.3 Å². The number of rotatable bonds is 4. The average molecular weight is 312 g/mol. The van der Waals surface area contributed by atoms with Gasteiger partial charge in [-0.25, -0.2) is 18.2 Å². The Morgan fingerprint density at radius 3 is 2.29 bits per heavy atom. The summed E-state index contributed by atoms with van der Waals surface area (Å²) in [5.74, 6) is -3.77. The molecule has 1 N–H and O–H groups in total. The number of hydrogen-bond acceptors (Lipinski definition) is 3. The lowest BCUT2D eigenvalue weighted by atomic mass is 10.1. The lowest BCUT2D eigenvalue weighted by Gasteiger charge is -2.17. The standard InChI is InChI=1S/C15H15F3N2S/c1-7-8(2)21-15(19-7)14(20-10-3-4-10)9-5-11(16)13(18)12(17)6-9/h5-6,10,14,20H,3-4H2,1-2H3. The fourth-order valence-corrected chi connectivity index (χ4v) is 3.17. The number of halogens is 3. The molecule has 1 saturated carbocycles. The van der Waals surface area contributed by atoms with E-state index < -0.39 is 23.5 Å². The van der Waals surface area contributed by atoms with Crippen molar-refractivity contribution in [3.05, 3.63) is 50.7 Å². The summed E-state index contributed by atoms with van der Waals surface area (Å²) in [5, 5.41) is 4.08. The molecule has 6 heteroatoms. The van der Waals surface area contributed by atoms with Crippen molar-refractivity contribution in [3.8, 4) is 0 Å². The van der Waals surface area contributed by atoms with Crippen LogP contribution in [-0.4, -0.2) is 11.0 Å². The van der Waals surface area contributed by atoms with Crippen molar-refractivity contribution in [3.63, 3.8) is 0 Å². The van der Waals surface area contributed by atoms with Crippen molar-refractivity contribution in [1.29, 1.82) is 0 Å². The summed E-state index contributed by atoms with van der Waals surface area (Å²) in [5.41, 5.74) is 1.27. The van der Waals surface area contributed by atoms with Crippen LogP contribution in [0.5, 0.6) is 0 Å². The van der Waals surface area contributed by atoms with Crippen LogP contribution in [0, 0.1) is 31.3 Å². The van der Waals surface area contributed by atoms with Crippen LogP contribution in [-0.2, 0) is 0 Å². The molecule has 1 heterocycles. The molecule has 1 fully saturated rings. The van der Waals surface area contributed by atoms with E-state index in [0.717, 1.165) is 40.6 Å². The van der Waals surface area contributed by atoms with Crippen molar-refractivity contribution in [1.82, 2.24) is 10.3 Å². The van der Waals surface area contributed by atoms with E-state index in [0.29, 0.717) is 11.6 Å². The van der Waals surface area contributed by atoms with Gasteiger partial charge in [0.05, 0.1) is 11.7 Å². The van der Waals surface area contributed by atoms with Crippen molar-refractivity contribution < 1.29 is 13.2 Å². The molecule has 112 valence electrons. The van der Waals surface area contributed by atoms with E-state index in [9.17, 15) is 13.2 Å². The third-order valence-corrected chi connectivity index (χ3v) is 4.75. The van der Waals surface area contributed by atoms with Gasteiger partial charge >= 0.3 is 0 Å². The van der Waals surface area contributed by atoms with Crippen LogP contribution in [0.1, 0.15) is 40.0 Å². The van der Waals surface area contributed by atoms with Gasteiger partial charge in [0.2, 0.25) is 0 Å². The normalized spacial score (nSPS) is 16.2. The molecule has 0 aliphatic heterocycles. The summed E-state index contributed by atoms with van der Waals surface area (Å²) < 4.78 is 40.1. The third kappa shape index (κ3) is 2.96. The van der Waals surface area contributed by atoms with E-state index in [1.165, 1.54) is 11.3 Å². The predicted molar refractivity (Wildman–Crippen MR) is 75.9 cm³/mol. The first-order valence-electron chi connectivity index (χ1n) is 6.80. The summed E-state index contributed by atoms with van der Waals surface area (Å²) in [6.45, 7) is 3.85. The number of thiazole rings is 1. The number of nitrogens with zero attached hydrogens (tertiary/aromatic N) is 1. The smallest absolute Gasteiger partial charge is 0.194 e. The molecule has 0 amide bonds. The maximum atomic E-state index is 13.5. The second kappa shape index (κ2) is 5.42. The third-order valence-electron chi connectivity index (χ3n) is 3.61. The highest BCUT2D eigenvalue weighted by Gasteiger charge is 2.29. The molecule has 2 aromatic rings. The van der Waals surface area contributed by atoms with Crippen molar-refractivity contribution in [2.75, 3.05) is 0 Å². The van der Waals surface area contributed by atoms with E-state index in [1.807, 2.05) is 13.8 Å². The first-order chi connectivity index (χ1) is 9.95. The summed E-state index contributed by atoms with van der Waals surface area (Å²) >= 11 is 1.49. The van der Waals surface area contributed by atoms with E-state index in [-0.39, 0.29) is 0 Å². The monoisotopic (exact) mass is 312 g/mol. The average Bonchev–Trinajstić information content (AvgIpc) is 3.19. The zero-order valence-corrected chi connectivity index (χ0v) is 12.5. The molecule has 1 unspecified atom stereocenters. The highest BCUT2D eigenvalue weighted by Crippen LogP contribution is 2.33. The van der Waals surface area contributed by atoms with Crippen LogP contribution in [0.3, 0.4) is 0 Å². The fraction of sp³-hybridized carbons (Fsp3) is 0.400. The van der Waals surface area contributed by atoms with Crippen LogP contribution in [0.4, 0.5) is 13.2 Å². The Morgan fingerprint density at radius 2 is 1.81 bits per heavy atom. The fourth-order valence-electron chi connectivity index (χ4n) is 2.16. The number of nitrogens with one attached hydrogen (secondary N) is 1. The zero-order chi connectivity index (χ0) is 15.1. The lowest BCUT2D eigenvalue weighted by Crippen LogP contribution is -2.24.